The number of urea groups is 1. The third-order valence-electron chi connectivity index (χ3n) is 6.68. The highest BCUT2D eigenvalue weighted by molar-refractivity contribution is 5.97. The molecule has 14 heteroatoms. The number of benzene rings is 2. The van der Waals surface area contributed by atoms with Gasteiger partial charge in [-0.2, -0.15) is 0 Å². The summed E-state index contributed by atoms with van der Waals surface area (Å²) in [6.45, 7) is -0.0675. The monoisotopic (exact) mass is 537 g/mol. The maximum Gasteiger partial charge on any atom is 0.328 e. The fraction of sp³-hybridized carbons (Fsp3) is 0.333. The first-order chi connectivity index (χ1) is 18.0. The van der Waals surface area contributed by atoms with Crippen molar-refractivity contribution >= 4 is 29.5 Å². The van der Waals surface area contributed by atoms with Crippen molar-refractivity contribution in [3.63, 3.8) is 0 Å². The standard InChI is InChI=1S/C24H23F4N5O5/c25-14-10-15(26)19(28)17(18(14)27)20(34)31-16(21(35)36)11-29-23(38)32-8-6-24(7-9-32)22(37)30-12-33(24)13-4-2-1-3-5-13/h1-5,10,16H,6-9,11-12H2,(H,29,38)(H,30,37)(H,31,34)(H,35,36)/t16-/m0/s1. The third kappa shape index (κ3) is 4.93. The molecule has 2 fully saturated rings. The molecule has 2 aromatic rings. The lowest BCUT2D eigenvalue weighted by Crippen LogP contribution is -2.59. The van der Waals surface area contributed by atoms with Gasteiger partial charge < -0.3 is 30.9 Å². The summed E-state index contributed by atoms with van der Waals surface area (Å²) in [5, 5.41) is 16.3. The predicted octanol–water partition coefficient (Wildman–Crippen LogP) is 1.56. The Labute approximate surface area is 213 Å². The number of carboxylic acids is 1. The second-order valence-corrected chi connectivity index (χ2v) is 8.84. The molecule has 4 N–H and O–H groups in total. The summed E-state index contributed by atoms with van der Waals surface area (Å²) in [5.41, 5.74) is -1.64. The number of carbonyl (C=O) groups excluding carboxylic acids is 3. The second-order valence-electron chi connectivity index (χ2n) is 8.84. The van der Waals surface area contributed by atoms with Gasteiger partial charge in [0.2, 0.25) is 5.91 Å². The number of piperidine rings is 1. The van der Waals surface area contributed by atoms with Crippen LogP contribution in [0.15, 0.2) is 36.4 Å². The molecule has 4 amide bonds. The van der Waals surface area contributed by atoms with Crippen molar-refractivity contribution in [1.82, 2.24) is 20.9 Å². The molecule has 0 unspecified atom stereocenters. The van der Waals surface area contributed by atoms with Gasteiger partial charge in [-0.1, -0.05) is 18.2 Å². The van der Waals surface area contributed by atoms with E-state index in [0.29, 0.717) is 19.5 Å². The van der Waals surface area contributed by atoms with Crippen LogP contribution in [0.3, 0.4) is 0 Å². The van der Waals surface area contributed by atoms with Crippen LogP contribution in [-0.4, -0.2) is 71.7 Å². The minimum atomic E-state index is -1.99. The normalized spacial score (nSPS) is 17.2. The number of halogens is 4. The second kappa shape index (κ2) is 10.6. The van der Waals surface area contributed by atoms with Crippen molar-refractivity contribution < 1.29 is 41.8 Å². The van der Waals surface area contributed by atoms with Gasteiger partial charge in [-0.3, -0.25) is 9.59 Å². The van der Waals surface area contributed by atoms with Gasteiger partial charge >= 0.3 is 12.0 Å². The highest BCUT2D eigenvalue weighted by atomic mass is 19.2. The third-order valence-corrected chi connectivity index (χ3v) is 6.68. The zero-order chi connectivity index (χ0) is 27.6. The first-order valence-corrected chi connectivity index (χ1v) is 11.6. The van der Waals surface area contributed by atoms with Crippen LogP contribution < -0.4 is 20.9 Å². The molecule has 0 saturated carbocycles. The fourth-order valence-corrected chi connectivity index (χ4v) is 4.62. The number of aliphatic carboxylic acids is 1. The van der Waals surface area contributed by atoms with Gasteiger partial charge in [-0.15, -0.1) is 0 Å². The minimum absolute atomic E-state index is 0.0899. The highest BCUT2D eigenvalue weighted by Gasteiger charge is 2.50. The van der Waals surface area contributed by atoms with E-state index < -0.39 is 64.9 Å². The summed E-state index contributed by atoms with van der Waals surface area (Å²) in [7, 11) is 0. The van der Waals surface area contributed by atoms with E-state index in [0.717, 1.165) is 5.69 Å². The number of anilines is 1. The maximum absolute atomic E-state index is 13.9. The molecule has 1 atom stereocenters. The van der Waals surface area contributed by atoms with Crippen LogP contribution in [0.2, 0.25) is 0 Å². The van der Waals surface area contributed by atoms with Gasteiger partial charge in [0.1, 0.15) is 17.1 Å². The van der Waals surface area contributed by atoms with Gasteiger partial charge in [0, 0.05) is 24.8 Å². The van der Waals surface area contributed by atoms with Crippen LogP contribution in [-0.2, 0) is 9.59 Å². The number of hydrogen-bond donors (Lipinski definition) is 4. The van der Waals surface area contributed by atoms with Crippen LogP contribution in [0.4, 0.5) is 28.0 Å². The largest absolute Gasteiger partial charge is 0.480 e. The van der Waals surface area contributed by atoms with Gasteiger partial charge in [0.25, 0.3) is 5.91 Å². The Balaban J connectivity index is 1.37. The Kier molecular flexibility index (Phi) is 7.41. The summed E-state index contributed by atoms with van der Waals surface area (Å²) < 4.78 is 54.6. The van der Waals surface area contributed by atoms with Crippen molar-refractivity contribution in [1.29, 1.82) is 0 Å². The van der Waals surface area contributed by atoms with Gasteiger partial charge in [-0.05, 0) is 25.0 Å². The summed E-state index contributed by atoms with van der Waals surface area (Å²) in [6.07, 6.45) is 0.591. The summed E-state index contributed by atoms with van der Waals surface area (Å²) in [5.74, 6) is -11.2. The van der Waals surface area contributed by atoms with Gasteiger partial charge in [0.05, 0.1) is 13.2 Å². The fourth-order valence-electron chi connectivity index (χ4n) is 4.62. The van der Waals surface area contributed by atoms with E-state index >= 15 is 0 Å². The van der Waals surface area contributed by atoms with E-state index in [4.69, 9.17) is 0 Å². The molecule has 10 nitrogen and oxygen atoms in total. The zero-order valence-electron chi connectivity index (χ0n) is 19.8. The first kappa shape index (κ1) is 26.7. The molecule has 0 aromatic heterocycles. The van der Waals surface area contributed by atoms with E-state index in [1.54, 1.807) is 5.32 Å². The average molecular weight is 537 g/mol. The Morgan fingerprint density at radius 3 is 2.21 bits per heavy atom. The number of amides is 4. The molecule has 2 aliphatic rings. The molecule has 2 saturated heterocycles. The number of rotatable bonds is 6. The smallest absolute Gasteiger partial charge is 0.328 e. The molecular weight excluding hydrogens is 514 g/mol. The Bertz CT molecular complexity index is 1240. The molecule has 2 heterocycles. The van der Waals surface area contributed by atoms with Crippen LogP contribution in [0.25, 0.3) is 0 Å². The van der Waals surface area contributed by atoms with E-state index in [1.807, 2.05) is 35.2 Å². The number of nitrogens with one attached hydrogen (secondary N) is 3. The molecule has 0 aliphatic carbocycles. The van der Waals surface area contributed by atoms with Crippen molar-refractivity contribution in [2.75, 3.05) is 31.2 Å². The number of carboxylic acid groups (broad SMARTS) is 1. The Morgan fingerprint density at radius 1 is 1.03 bits per heavy atom. The van der Waals surface area contributed by atoms with Crippen molar-refractivity contribution in [2.24, 2.45) is 0 Å². The molecule has 1 spiro atoms. The van der Waals surface area contributed by atoms with Gasteiger partial charge in [0.15, 0.2) is 23.3 Å². The maximum atomic E-state index is 13.9. The Morgan fingerprint density at radius 2 is 1.63 bits per heavy atom. The lowest BCUT2D eigenvalue weighted by atomic mass is 9.85. The number of carbonyl (C=O) groups is 4. The van der Waals surface area contributed by atoms with E-state index in [1.165, 1.54) is 4.90 Å². The van der Waals surface area contributed by atoms with Crippen molar-refractivity contribution in [2.45, 2.75) is 24.4 Å². The van der Waals surface area contributed by atoms with Crippen molar-refractivity contribution in [3.05, 3.63) is 65.2 Å². The first-order valence-electron chi connectivity index (χ1n) is 11.6. The SMILES string of the molecule is O=C(N[C@@H](CNC(=O)N1CCC2(CC1)C(=O)NCN2c1ccccc1)C(=O)O)c1c(F)c(F)cc(F)c1F. The van der Waals surface area contributed by atoms with Crippen LogP contribution in [0.1, 0.15) is 23.2 Å². The summed E-state index contributed by atoms with van der Waals surface area (Å²) in [6, 6.07) is 6.63. The molecular formula is C24H23F4N5O5. The van der Waals surface area contributed by atoms with Crippen LogP contribution in [0, 0.1) is 23.3 Å². The highest BCUT2D eigenvalue weighted by Crippen LogP contribution is 2.36. The van der Waals surface area contributed by atoms with Crippen molar-refractivity contribution in [3.8, 4) is 0 Å². The summed E-state index contributed by atoms with van der Waals surface area (Å²) >= 11 is 0. The average Bonchev–Trinajstić information content (AvgIpc) is 3.21. The molecule has 2 aliphatic heterocycles. The van der Waals surface area contributed by atoms with Crippen LogP contribution >= 0.6 is 0 Å². The van der Waals surface area contributed by atoms with Gasteiger partial charge in [-0.25, -0.2) is 27.2 Å². The zero-order valence-corrected chi connectivity index (χ0v) is 19.8. The lowest BCUT2D eigenvalue weighted by molar-refractivity contribution is -0.139. The molecule has 0 bridgehead atoms. The summed E-state index contributed by atoms with van der Waals surface area (Å²) in [4.78, 5) is 52.5. The quantitative estimate of drug-likeness (QED) is 0.327. The Hall–Kier alpha value is -4.36. The molecule has 38 heavy (non-hydrogen) atoms. The number of likely N-dealkylation sites (tertiary alicyclic amines) is 1. The lowest BCUT2D eigenvalue weighted by Gasteiger charge is -2.43. The molecule has 2 aromatic carbocycles. The molecule has 202 valence electrons. The van der Waals surface area contributed by atoms with Crippen LogP contribution in [0.5, 0.6) is 0 Å². The molecule has 4 rings (SSSR count). The predicted molar refractivity (Wildman–Crippen MR) is 124 cm³/mol. The number of hydrogen-bond acceptors (Lipinski definition) is 5. The minimum Gasteiger partial charge on any atom is -0.480 e. The van der Waals surface area contributed by atoms with E-state index in [9.17, 15) is 41.8 Å². The van der Waals surface area contributed by atoms with E-state index in [2.05, 4.69) is 10.6 Å². The number of nitrogens with zero attached hydrogens (tertiary/aromatic N) is 2. The van der Waals surface area contributed by atoms with E-state index in [-0.39, 0.29) is 25.1 Å². The topological polar surface area (TPSA) is 131 Å². The number of para-hydroxylation sites is 1. The molecule has 0 radical (unpaired) electrons.